The van der Waals surface area contributed by atoms with E-state index in [1.165, 1.54) is 18.2 Å². The van der Waals surface area contributed by atoms with Crippen LogP contribution in [0.1, 0.15) is 22.3 Å². The predicted octanol–water partition coefficient (Wildman–Crippen LogP) is 3.79. The Morgan fingerprint density at radius 3 is 2.74 bits per heavy atom. The Hall–Kier alpha value is -1.41. The molecule has 2 heterocycles. The maximum atomic E-state index is 12.0. The summed E-state index contributed by atoms with van der Waals surface area (Å²) in [6.45, 7) is 0. The molecule has 0 atom stereocenters. The molecule has 1 aliphatic rings. The number of hydrogen-bond acceptors (Lipinski definition) is 6. The van der Waals surface area contributed by atoms with E-state index in [0.717, 1.165) is 11.3 Å². The molecule has 0 fully saturated rings. The maximum absolute atomic E-state index is 12.0. The standard InChI is InChI=1S/C14H9Cl2NO4S2/c15-10-2-1-8(7-11(10)16)13(18)21-17-12-4-6-23(19,20)14-9(12)3-5-22-14/h1-3,5,7H,4,6H2/b17-12+. The van der Waals surface area contributed by atoms with Gasteiger partial charge in [0.05, 0.1) is 27.1 Å². The first-order valence-electron chi connectivity index (χ1n) is 6.42. The molecule has 0 radical (unpaired) electrons. The van der Waals surface area contributed by atoms with Crippen LogP contribution in [0, 0.1) is 0 Å². The Morgan fingerprint density at radius 1 is 1.22 bits per heavy atom. The molecule has 9 heteroatoms. The maximum Gasteiger partial charge on any atom is 0.365 e. The van der Waals surface area contributed by atoms with Crippen LogP contribution in [-0.2, 0) is 14.7 Å². The highest BCUT2D eigenvalue weighted by Crippen LogP contribution is 2.30. The number of fused-ring (bicyclic) bond motifs is 1. The minimum Gasteiger partial charge on any atom is -0.313 e. The van der Waals surface area contributed by atoms with Crippen molar-refractivity contribution >= 4 is 56.1 Å². The average Bonchev–Trinajstić information content (AvgIpc) is 3.00. The summed E-state index contributed by atoms with van der Waals surface area (Å²) in [5.74, 6) is -0.745. The van der Waals surface area contributed by atoms with Gasteiger partial charge in [-0.25, -0.2) is 13.2 Å². The zero-order valence-electron chi connectivity index (χ0n) is 11.5. The SMILES string of the molecule is O=C(O/N=C1\CCS(=O)(=O)c2sccc21)c1ccc(Cl)c(Cl)c1. The number of hydrogen-bond donors (Lipinski definition) is 0. The Labute approximate surface area is 146 Å². The van der Waals surface area contributed by atoms with Crippen molar-refractivity contribution in [3.63, 3.8) is 0 Å². The smallest absolute Gasteiger partial charge is 0.313 e. The second-order valence-corrected chi connectivity index (χ2v) is 8.77. The lowest BCUT2D eigenvalue weighted by Gasteiger charge is -2.13. The number of benzene rings is 1. The fourth-order valence-corrected chi connectivity index (χ4v) is 5.19. The van der Waals surface area contributed by atoms with Gasteiger partial charge in [-0.05, 0) is 29.6 Å². The minimum atomic E-state index is -3.27. The van der Waals surface area contributed by atoms with Gasteiger partial charge in [-0.2, -0.15) is 0 Å². The molecule has 0 unspecified atom stereocenters. The first-order valence-corrected chi connectivity index (χ1v) is 9.71. The van der Waals surface area contributed by atoms with Crippen molar-refractivity contribution in [2.75, 3.05) is 5.75 Å². The molecule has 0 aliphatic carbocycles. The van der Waals surface area contributed by atoms with Gasteiger partial charge in [-0.3, -0.25) is 0 Å². The first-order chi connectivity index (χ1) is 10.9. The summed E-state index contributed by atoms with van der Waals surface area (Å²) in [5.41, 5.74) is 1.13. The van der Waals surface area contributed by atoms with Crippen LogP contribution < -0.4 is 0 Å². The van der Waals surface area contributed by atoms with Crippen LogP contribution in [0.4, 0.5) is 0 Å². The summed E-state index contributed by atoms with van der Waals surface area (Å²) in [7, 11) is -3.27. The number of thiophene rings is 1. The summed E-state index contributed by atoms with van der Waals surface area (Å²) in [6.07, 6.45) is 0.195. The highest BCUT2D eigenvalue weighted by atomic mass is 35.5. The summed E-state index contributed by atoms with van der Waals surface area (Å²) in [4.78, 5) is 16.9. The molecule has 0 saturated heterocycles. The summed E-state index contributed by atoms with van der Waals surface area (Å²) < 4.78 is 24.1. The largest absolute Gasteiger partial charge is 0.365 e. The Bertz CT molecular complexity index is 919. The van der Waals surface area contributed by atoms with Crippen molar-refractivity contribution < 1.29 is 18.0 Å². The Balaban J connectivity index is 1.84. The molecule has 0 saturated carbocycles. The van der Waals surface area contributed by atoms with Gasteiger partial charge >= 0.3 is 5.97 Å². The minimum absolute atomic E-state index is 0.0519. The van der Waals surface area contributed by atoms with Crippen LogP contribution in [0.25, 0.3) is 0 Å². The Kier molecular flexibility index (Phi) is 4.46. The van der Waals surface area contributed by atoms with Gasteiger partial charge in [0, 0.05) is 12.0 Å². The monoisotopic (exact) mass is 389 g/mol. The molecular weight excluding hydrogens is 381 g/mol. The van der Waals surface area contributed by atoms with Crippen LogP contribution in [0.5, 0.6) is 0 Å². The second kappa shape index (κ2) is 6.24. The molecule has 1 aliphatic heterocycles. The lowest BCUT2D eigenvalue weighted by Crippen LogP contribution is -2.20. The van der Waals surface area contributed by atoms with Crippen molar-refractivity contribution in [1.82, 2.24) is 0 Å². The molecule has 2 aromatic rings. The van der Waals surface area contributed by atoms with E-state index >= 15 is 0 Å². The molecule has 0 bridgehead atoms. The predicted molar refractivity (Wildman–Crippen MR) is 89.4 cm³/mol. The zero-order chi connectivity index (χ0) is 16.6. The molecule has 1 aromatic carbocycles. The molecule has 0 N–H and O–H groups in total. The van der Waals surface area contributed by atoms with Gasteiger partial charge in [0.1, 0.15) is 4.21 Å². The van der Waals surface area contributed by atoms with Gasteiger partial charge in [0.15, 0.2) is 9.84 Å². The third kappa shape index (κ3) is 3.28. The van der Waals surface area contributed by atoms with Gasteiger partial charge in [-0.1, -0.05) is 28.4 Å². The molecule has 3 rings (SSSR count). The van der Waals surface area contributed by atoms with Crippen LogP contribution in [0.3, 0.4) is 0 Å². The molecule has 5 nitrogen and oxygen atoms in total. The summed E-state index contributed by atoms with van der Waals surface area (Å²) in [6, 6.07) is 5.99. The molecule has 0 spiro atoms. The number of rotatable bonds is 2. The first kappa shape index (κ1) is 16.4. The number of oxime groups is 1. The van der Waals surface area contributed by atoms with E-state index in [2.05, 4.69) is 5.16 Å². The van der Waals surface area contributed by atoms with E-state index in [9.17, 15) is 13.2 Å². The fraction of sp³-hybridized carbons (Fsp3) is 0.143. The van der Waals surface area contributed by atoms with E-state index in [0.29, 0.717) is 16.3 Å². The van der Waals surface area contributed by atoms with Crippen LogP contribution in [0.15, 0.2) is 39.0 Å². The number of halogens is 2. The quantitative estimate of drug-likeness (QED) is 0.578. The van der Waals surface area contributed by atoms with Gasteiger partial charge in [0.25, 0.3) is 0 Å². The lowest BCUT2D eigenvalue weighted by atomic mass is 10.1. The second-order valence-electron chi connectivity index (χ2n) is 4.74. The van der Waals surface area contributed by atoms with Crippen molar-refractivity contribution in [1.29, 1.82) is 0 Å². The van der Waals surface area contributed by atoms with E-state index in [4.69, 9.17) is 28.0 Å². The molecule has 0 amide bonds. The average molecular weight is 390 g/mol. The van der Waals surface area contributed by atoms with Gasteiger partial charge in [-0.15, -0.1) is 11.3 Å². The molecule has 120 valence electrons. The van der Waals surface area contributed by atoms with E-state index in [1.54, 1.807) is 11.4 Å². The number of carbonyl (C=O) groups excluding carboxylic acids is 1. The highest BCUT2D eigenvalue weighted by molar-refractivity contribution is 7.93. The third-order valence-electron chi connectivity index (χ3n) is 3.22. The normalized spacial score (nSPS) is 17.7. The third-order valence-corrected chi connectivity index (χ3v) is 7.25. The lowest BCUT2D eigenvalue weighted by molar-refractivity contribution is 0.0516. The van der Waals surface area contributed by atoms with Crippen LogP contribution in [0.2, 0.25) is 10.0 Å². The van der Waals surface area contributed by atoms with Crippen molar-refractivity contribution in [3.8, 4) is 0 Å². The van der Waals surface area contributed by atoms with E-state index in [-0.39, 0.29) is 27.0 Å². The molecule has 1 aromatic heterocycles. The zero-order valence-corrected chi connectivity index (χ0v) is 14.6. The molecule has 23 heavy (non-hydrogen) atoms. The topological polar surface area (TPSA) is 72.8 Å². The number of nitrogens with zero attached hydrogens (tertiary/aromatic N) is 1. The van der Waals surface area contributed by atoms with Gasteiger partial charge < -0.3 is 4.84 Å². The van der Waals surface area contributed by atoms with Gasteiger partial charge in [0.2, 0.25) is 0 Å². The van der Waals surface area contributed by atoms with Crippen molar-refractivity contribution in [3.05, 3.63) is 50.8 Å². The fourth-order valence-electron chi connectivity index (χ4n) is 2.08. The van der Waals surface area contributed by atoms with Crippen molar-refractivity contribution in [2.24, 2.45) is 5.16 Å². The van der Waals surface area contributed by atoms with Crippen molar-refractivity contribution in [2.45, 2.75) is 10.6 Å². The summed E-state index contributed by atoms with van der Waals surface area (Å²) >= 11 is 12.8. The van der Waals surface area contributed by atoms with E-state index < -0.39 is 15.8 Å². The number of carbonyl (C=O) groups is 1. The Morgan fingerprint density at radius 2 is 2.00 bits per heavy atom. The van der Waals surface area contributed by atoms with Crippen LogP contribution >= 0.6 is 34.5 Å². The molecular formula is C14H9Cl2NO4S2. The summed E-state index contributed by atoms with van der Waals surface area (Å²) in [5, 5.41) is 6.06. The van der Waals surface area contributed by atoms with E-state index in [1.807, 2.05) is 0 Å². The van der Waals surface area contributed by atoms with Crippen LogP contribution in [-0.4, -0.2) is 25.9 Å². The number of sulfone groups is 1. The highest BCUT2D eigenvalue weighted by Gasteiger charge is 2.29.